The Labute approximate surface area is 138 Å². The number of nitro groups is 1. The summed E-state index contributed by atoms with van der Waals surface area (Å²) in [6.45, 7) is -1.78. The quantitative estimate of drug-likeness (QED) is 0.655. The monoisotopic (exact) mass is 365 g/mol. The summed E-state index contributed by atoms with van der Waals surface area (Å²) in [6, 6.07) is 3.56. The first-order valence-electron chi connectivity index (χ1n) is 6.66. The van der Waals surface area contributed by atoms with E-state index in [0.717, 1.165) is 6.07 Å². The molecule has 0 bridgehead atoms. The molecule has 1 aliphatic rings. The van der Waals surface area contributed by atoms with Crippen LogP contribution in [0.1, 0.15) is 6.42 Å². The summed E-state index contributed by atoms with van der Waals surface area (Å²) in [7, 11) is 0. The average Bonchev–Trinajstić information content (AvgIpc) is 2.80. The van der Waals surface area contributed by atoms with Crippen LogP contribution in [0.25, 0.3) is 0 Å². The third-order valence-electron chi connectivity index (χ3n) is 3.37. The van der Waals surface area contributed by atoms with Gasteiger partial charge < -0.3 is 10.2 Å². The lowest BCUT2D eigenvalue weighted by molar-refractivity contribution is -0.384. The molecule has 130 valence electrons. The highest BCUT2D eigenvalue weighted by atomic mass is 35.5. The van der Waals surface area contributed by atoms with Crippen molar-refractivity contribution in [3.05, 3.63) is 33.3 Å². The molecule has 1 heterocycles. The van der Waals surface area contributed by atoms with Gasteiger partial charge >= 0.3 is 6.18 Å². The molecule has 7 nitrogen and oxygen atoms in total. The zero-order valence-electron chi connectivity index (χ0n) is 12.0. The first-order valence-corrected chi connectivity index (χ1v) is 7.04. The zero-order chi connectivity index (χ0) is 18.1. The minimum Gasteiger partial charge on any atom is -0.333 e. The second kappa shape index (κ2) is 6.63. The van der Waals surface area contributed by atoms with E-state index in [0.29, 0.717) is 4.90 Å². The molecule has 2 amide bonds. The Bertz CT molecular complexity index is 696. The van der Waals surface area contributed by atoms with Gasteiger partial charge in [-0.25, -0.2) is 0 Å². The number of alkyl halides is 3. The number of carbonyl (C=O) groups is 2. The molecular weight excluding hydrogens is 355 g/mol. The van der Waals surface area contributed by atoms with Crippen LogP contribution in [0.15, 0.2) is 18.2 Å². The molecule has 0 aromatic heterocycles. The Kier molecular flexibility index (Phi) is 4.97. The van der Waals surface area contributed by atoms with Crippen LogP contribution in [-0.4, -0.2) is 40.9 Å². The van der Waals surface area contributed by atoms with Crippen molar-refractivity contribution >= 4 is 34.8 Å². The lowest BCUT2D eigenvalue weighted by Crippen LogP contribution is -2.36. The van der Waals surface area contributed by atoms with E-state index in [1.54, 1.807) is 0 Å². The number of hydrogen-bond acceptors (Lipinski definition) is 4. The second-order valence-corrected chi connectivity index (χ2v) is 5.61. The molecule has 24 heavy (non-hydrogen) atoms. The van der Waals surface area contributed by atoms with E-state index >= 15 is 0 Å². The standard InChI is InChI=1S/C13H11ClF3N3O4/c14-9-2-1-8(4-10(9)20(23)24)18-12(22)7-3-11(21)19(5-7)6-13(15,16)17/h1-2,4,7H,3,5-6H2,(H,18,22). The topological polar surface area (TPSA) is 92.5 Å². The number of nitrogens with zero attached hydrogens (tertiary/aromatic N) is 2. The normalized spacial score (nSPS) is 17.9. The van der Waals surface area contributed by atoms with Gasteiger partial charge in [-0.15, -0.1) is 0 Å². The third kappa shape index (κ3) is 4.34. The summed E-state index contributed by atoms with van der Waals surface area (Å²) >= 11 is 5.64. The minimum atomic E-state index is -4.54. The van der Waals surface area contributed by atoms with E-state index in [-0.39, 0.29) is 23.7 Å². The molecule has 1 N–H and O–H groups in total. The molecular formula is C13H11ClF3N3O4. The van der Waals surface area contributed by atoms with Crippen molar-refractivity contribution in [2.45, 2.75) is 12.6 Å². The highest BCUT2D eigenvalue weighted by Crippen LogP contribution is 2.29. The Morgan fingerprint density at radius 1 is 1.46 bits per heavy atom. The highest BCUT2D eigenvalue weighted by Gasteiger charge is 2.40. The summed E-state index contributed by atoms with van der Waals surface area (Å²) in [5.74, 6) is -2.42. The van der Waals surface area contributed by atoms with Gasteiger partial charge in [0.1, 0.15) is 11.6 Å². The number of likely N-dealkylation sites (tertiary alicyclic amines) is 1. The van der Waals surface area contributed by atoms with Gasteiger partial charge in [0.05, 0.1) is 10.8 Å². The summed E-state index contributed by atoms with van der Waals surface area (Å²) in [5.41, 5.74) is -0.353. The van der Waals surface area contributed by atoms with Gasteiger partial charge in [0, 0.05) is 24.7 Å². The van der Waals surface area contributed by atoms with Crippen LogP contribution in [0.3, 0.4) is 0 Å². The van der Waals surface area contributed by atoms with Crippen LogP contribution < -0.4 is 5.32 Å². The predicted octanol–water partition coefficient (Wildman–Crippen LogP) is 2.60. The fourth-order valence-electron chi connectivity index (χ4n) is 2.29. The molecule has 0 spiro atoms. The molecule has 1 aliphatic heterocycles. The SMILES string of the molecule is O=C(Nc1ccc(Cl)c([N+](=O)[O-])c1)C1CC(=O)N(CC(F)(F)F)C1. The number of nitrogens with one attached hydrogen (secondary N) is 1. The summed E-state index contributed by atoms with van der Waals surface area (Å²) in [4.78, 5) is 34.2. The first kappa shape index (κ1) is 18.0. The van der Waals surface area contributed by atoms with Crippen LogP contribution in [0.5, 0.6) is 0 Å². The molecule has 1 atom stereocenters. The van der Waals surface area contributed by atoms with Crippen molar-refractivity contribution < 1.29 is 27.7 Å². The van der Waals surface area contributed by atoms with Crippen molar-refractivity contribution in [3.8, 4) is 0 Å². The van der Waals surface area contributed by atoms with Crippen LogP contribution in [0, 0.1) is 16.0 Å². The van der Waals surface area contributed by atoms with Crippen LogP contribution in [-0.2, 0) is 9.59 Å². The van der Waals surface area contributed by atoms with E-state index in [9.17, 15) is 32.9 Å². The number of amides is 2. The van der Waals surface area contributed by atoms with Gasteiger partial charge in [0.25, 0.3) is 5.69 Å². The van der Waals surface area contributed by atoms with Crippen molar-refractivity contribution in [1.29, 1.82) is 0 Å². The number of rotatable bonds is 4. The second-order valence-electron chi connectivity index (χ2n) is 5.20. The van der Waals surface area contributed by atoms with E-state index in [1.165, 1.54) is 12.1 Å². The van der Waals surface area contributed by atoms with Gasteiger partial charge in [-0.1, -0.05) is 11.6 Å². The van der Waals surface area contributed by atoms with E-state index in [1.807, 2.05) is 0 Å². The number of benzene rings is 1. The largest absolute Gasteiger partial charge is 0.406 e. The van der Waals surface area contributed by atoms with Gasteiger partial charge in [0.15, 0.2) is 0 Å². The minimum absolute atomic E-state index is 0.0674. The van der Waals surface area contributed by atoms with Crippen LogP contribution in [0.2, 0.25) is 5.02 Å². The molecule has 2 rings (SSSR count). The van der Waals surface area contributed by atoms with Crippen LogP contribution >= 0.6 is 11.6 Å². The Morgan fingerprint density at radius 3 is 2.71 bits per heavy atom. The molecule has 1 aromatic carbocycles. The maximum absolute atomic E-state index is 12.3. The molecule has 11 heteroatoms. The van der Waals surface area contributed by atoms with E-state index in [2.05, 4.69) is 5.32 Å². The molecule has 1 aromatic rings. The van der Waals surface area contributed by atoms with Gasteiger partial charge in [-0.05, 0) is 12.1 Å². The molecule has 1 unspecified atom stereocenters. The summed E-state index contributed by atoms with van der Waals surface area (Å²) in [6.07, 6.45) is -4.89. The Hall–Kier alpha value is -2.36. The Balaban J connectivity index is 2.05. The molecule has 0 saturated carbocycles. The highest BCUT2D eigenvalue weighted by molar-refractivity contribution is 6.32. The molecule has 1 saturated heterocycles. The number of halogens is 4. The maximum atomic E-state index is 12.3. The lowest BCUT2D eigenvalue weighted by atomic mass is 10.1. The zero-order valence-corrected chi connectivity index (χ0v) is 12.7. The third-order valence-corrected chi connectivity index (χ3v) is 3.69. The smallest absolute Gasteiger partial charge is 0.333 e. The van der Waals surface area contributed by atoms with E-state index < -0.39 is 41.1 Å². The number of anilines is 1. The summed E-state index contributed by atoms with van der Waals surface area (Å²) < 4.78 is 37.0. The Morgan fingerprint density at radius 2 is 2.12 bits per heavy atom. The number of hydrogen-bond donors (Lipinski definition) is 1. The molecule has 1 fully saturated rings. The van der Waals surface area contributed by atoms with Crippen molar-refractivity contribution in [2.75, 3.05) is 18.4 Å². The van der Waals surface area contributed by atoms with Crippen molar-refractivity contribution in [1.82, 2.24) is 4.90 Å². The van der Waals surface area contributed by atoms with Gasteiger partial charge in [0.2, 0.25) is 11.8 Å². The number of nitro benzene ring substituents is 1. The van der Waals surface area contributed by atoms with Crippen molar-refractivity contribution in [3.63, 3.8) is 0 Å². The van der Waals surface area contributed by atoms with Crippen LogP contribution in [0.4, 0.5) is 24.5 Å². The maximum Gasteiger partial charge on any atom is 0.406 e. The van der Waals surface area contributed by atoms with E-state index in [4.69, 9.17) is 11.6 Å². The fraction of sp³-hybridized carbons (Fsp3) is 0.385. The number of carbonyl (C=O) groups excluding carboxylic acids is 2. The first-order chi connectivity index (χ1) is 11.1. The molecule has 0 aliphatic carbocycles. The lowest BCUT2D eigenvalue weighted by Gasteiger charge is -2.18. The van der Waals surface area contributed by atoms with Gasteiger partial charge in [-0.3, -0.25) is 19.7 Å². The van der Waals surface area contributed by atoms with Crippen molar-refractivity contribution in [2.24, 2.45) is 5.92 Å². The predicted molar refractivity (Wildman–Crippen MR) is 77.5 cm³/mol. The fourth-order valence-corrected chi connectivity index (χ4v) is 2.48. The summed E-state index contributed by atoms with van der Waals surface area (Å²) in [5, 5.41) is 13.0. The molecule has 0 radical (unpaired) electrons. The van der Waals surface area contributed by atoms with Gasteiger partial charge in [-0.2, -0.15) is 13.2 Å². The average molecular weight is 366 g/mol.